The molecule has 1 amide bonds. The number of sulfonamides is 1. The van der Waals surface area contributed by atoms with Crippen LogP contribution < -0.4 is 14.5 Å². The second-order valence-electron chi connectivity index (χ2n) is 7.90. The summed E-state index contributed by atoms with van der Waals surface area (Å²) in [6, 6.07) is 20.2. The lowest BCUT2D eigenvalue weighted by molar-refractivity contribution is -0.119. The average molecular weight is 530 g/mol. The van der Waals surface area contributed by atoms with Gasteiger partial charge in [0.15, 0.2) is 0 Å². The molecule has 35 heavy (non-hydrogen) atoms. The third kappa shape index (κ3) is 6.36. The van der Waals surface area contributed by atoms with Gasteiger partial charge in [0.2, 0.25) is 0 Å². The van der Waals surface area contributed by atoms with E-state index in [0.29, 0.717) is 16.3 Å². The van der Waals surface area contributed by atoms with E-state index in [-0.39, 0.29) is 11.0 Å². The SMILES string of the molecule is Cc1cc(Cl)ccc1N(CC(=O)NN=Cc1ccc(OC2CSC2)cc1)S(=O)(=O)c1ccccc1. The number of anilines is 1. The molecule has 3 aromatic rings. The van der Waals surface area contributed by atoms with Crippen LogP contribution in [0.1, 0.15) is 11.1 Å². The molecule has 0 spiro atoms. The van der Waals surface area contributed by atoms with Gasteiger partial charge in [0, 0.05) is 16.5 Å². The van der Waals surface area contributed by atoms with E-state index in [4.69, 9.17) is 16.3 Å². The van der Waals surface area contributed by atoms with E-state index in [0.717, 1.165) is 27.1 Å². The molecule has 0 radical (unpaired) electrons. The fourth-order valence-electron chi connectivity index (χ4n) is 3.37. The van der Waals surface area contributed by atoms with E-state index in [1.54, 1.807) is 43.3 Å². The van der Waals surface area contributed by atoms with Gasteiger partial charge >= 0.3 is 0 Å². The minimum atomic E-state index is -4.01. The van der Waals surface area contributed by atoms with Crippen molar-refractivity contribution in [2.75, 3.05) is 22.4 Å². The molecule has 7 nitrogen and oxygen atoms in total. The van der Waals surface area contributed by atoms with Crippen LogP contribution in [0.5, 0.6) is 5.75 Å². The van der Waals surface area contributed by atoms with Crippen molar-refractivity contribution in [3.8, 4) is 5.75 Å². The van der Waals surface area contributed by atoms with Crippen molar-refractivity contribution in [2.45, 2.75) is 17.9 Å². The number of hydrogen-bond acceptors (Lipinski definition) is 6. The van der Waals surface area contributed by atoms with Crippen LogP contribution >= 0.6 is 23.4 Å². The van der Waals surface area contributed by atoms with Gasteiger partial charge in [-0.3, -0.25) is 9.10 Å². The van der Waals surface area contributed by atoms with Crippen molar-refractivity contribution in [3.05, 3.63) is 88.9 Å². The number of benzene rings is 3. The summed E-state index contributed by atoms with van der Waals surface area (Å²) in [6.07, 6.45) is 1.75. The Morgan fingerprint density at radius 3 is 2.49 bits per heavy atom. The first-order chi connectivity index (χ1) is 16.8. The second-order valence-corrected chi connectivity index (χ2v) is 11.3. The number of carbonyl (C=O) groups is 1. The van der Waals surface area contributed by atoms with Crippen LogP contribution in [-0.4, -0.2) is 44.7 Å². The average Bonchev–Trinajstić information content (AvgIpc) is 2.82. The van der Waals surface area contributed by atoms with Gasteiger partial charge in [-0.1, -0.05) is 29.8 Å². The maximum atomic E-state index is 13.4. The van der Waals surface area contributed by atoms with Crippen LogP contribution in [0.25, 0.3) is 0 Å². The van der Waals surface area contributed by atoms with Gasteiger partial charge in [-0.25, -0.2) is 13.8 Å². The van der Waals surface area contributed by atoms with E-state index >= 15 is 0 Å². The molecule has 3 aromatic carbocycles. The molecule has 0 aromatic heterocycles. The first-order valence-electron chi connectivity index (χ1n) is 10.8. The standard InChI is InChI=1S/C25H24ClN3O4S2/c1-18-13-20(26)9-12-24(18)29(35(31,32)23-5-3-2-4-6-23)15-25(30)28-27-14-19-7-10-21(11-8-19)33-22-16-34-17-22/h2-14,22H,15-17H2,1H3,(H,28,30). The number of halogens is 1. The highest BCUT2D eigenvalue weighted by Crippen LogP contribution is 2.29. The number of nitrogens with one attached hydrogen (secondary N) is 1. The Morgan fingerprint density at radius 1 is 1.14 bits per heavy atom. The lowest BCUT2D eigenvalue weighted by Crippen LogP contribution is -2.40. The lowest BCUT2D eigenvalue weighted by Gasteiger charge is -2.25. The Morgan fingerprint density at radius 2 is 1.86 bits per heavy atom. The number of rotatable bonds is 9. The predicted molar refractivity (Wildman–Crippen MR) is 141 cm³/mol. The van der Waals surface area contributed by atoms with Crippen molar-refractivity contribution >= 4 is 51.2 Å². The molecule has 1 heterocycles. The van der Waals surface area contributed by atoms with Crippen molar-refractivity contribution in [1.29, 1.82) is 0 Å². The highest BCUT2D eigenvalue weighted by molar-refractivity contribution is 8.00. The Bertz CT molecular complexity index is 1310. The van der Waals surface area contributed by atoms with Crippen LogP contribution in [0.3, 0.4) is 0 Å². The maximum Gasteiger partial charge on any atom is 0.264 e. The molecule has 0 unspecified atom stereocenters. The number of hydrogen-bond donors (Lipinski definition) is 1. The number of amides is 1. The fourth-order valence-corrected chi connectivity index (χ4v) is 5.67. The molecule has 1 N–H and O–H groups in total. The minimum absolute atomic E-state index is 0.0773. The molecule has 182 valence electrons. The molecular formula is C25H24ClN3O4S2. The first kappa shape index (κ1) is 25.1. The van der Waals surface area contributed by atoms with Crippen molar-refractivity contribution < 1.29 is 17.9 Å². The monoisotopic (exact) mass is 529 g/mol. The molecule has 1 aliphatic rings. The van der Waals surface area contributed by atoms with E-state index in [9.17, 15) is 13.2 Å². The zero-order valence-electron chi connectivity index (χ0n) is 18.9. The molecule has 1 aliphatic heterocycles. The summed E-state index contributed by atoms with van der Waals surface area (Å²) in [4.78, 5) is 12.8. The van der Waals surface area contributed by atoms with Gasteiger partial charge in [-0.05, 0) is 72.6 Å². The second kappa shape index (κ2) is 11.2. The van der Waals surface area contributed by atoms with Crippen molar-refractivity contribution in [1.82, 2.24) is 5.43 Å². The molecule has 0 saturated carbocycles. The topological polar surface area (TPSA) is 88.1 Å². The summed E-state index contributed by atoms with van der Waals surface area (Å²) in [6.45, 7) is 1.28. The summed E-state index contributed by atoms with van der Waals surface area (Å²) in [5.41, 5.74) is 4.16. The van der Waals surface area contributed by atoms with Gasteiger partial charge in [0.05, 0.1) is 16.8 Å². The van der Waals surface area contributed by atoms with Crippen LogP contribution in [0, 0.1) is 6.92 Å². The fraction of sp³-hybridized carbons (Fsp3) is 0.200. The highest BCUT2D eigenvalue weighted by atomic mass is 35.5. The van der Waals surface area contributed by atoms with Crippen molar-refractivity contribution in [2.24, 2.45) is 5.10 Å². The van der Waals surface area contributed by atoms with Gasteiger partial charge in [0.1, 0.15) is 18.4 Å². The smallest absolute Gasteiger partial charge is 0.264 e. The normalized spacial score (nSPS) is 13.9. The molecule has 1 fully saturated rings. The molecule has 0 bridgehead atoms. The zero-order chi connectivity index (χ0) is 24.8. The predicted octanol–water partition coefficient (Wildman–Crippen LogP) is 4.49. The Labute approximate surface area is 214 Å². The third-order valence-corrected chi connectivity index (χ3v) is 8.46. The van der Waals surface area contributed by atoms with Crippen LogP contribution in [-0.2, 0) is 14.8 Å². The van der Waals surface area contributed by atoms with E-state index in [1.165, 1.54) is 18.3 Å². The summed E-state index contributed by atoms with van der Waals surface area (Å²) >= 11 is 7.91. The molecule has 10 heteroatoms. The zero-order valence-corrected chi connectivity index (χ0v) is 21.3. The van der Waals surface area contributed by atoms with Gasteiger partial charge < -0.3 is 4.74 Å². The van der Waals surface area contributed by atoms with Crippen molar-refractivity contribution in [3.63, 3.8) is 0 Å². The quantitative estimate of drug-likeness (QED) is 0.326. The largest absolute Gasteiger partial charge is 0.489 e. The highest BCUT2D eigenvalue weighted by Gasteiger charge is 2.28. The molecule has 0 aliphatic carbocycles. The van der Waals surface area contributed by atoms with Gasteiger partial charge in [-0.2, -0.15) is 16.9 Å². The van der Waals surface area contributed by atoms with Crippen LogP contribution in [0.15, 0.2) is 82.8 Å². The summed E-state index contributed by atoms with van der Waals surface area (Å²) in [7, 11) is -4.01. The Hall–Kier alpha value is -3.01. The minimum Gasteiger partial charge on any atom is -0.489 e. The summed E-state index contributed by atoms with van der Waals surface area (Å²) in [5.74, 6) is 2.21. The van der Waals surface area contributed by atoms with E-state index in [2.05, 4.69) is 10.5 Å². The molecular weight excluding hydrogens is 506 g/mol. The first-order valence-corrected chi connectivity index (χ1v) is 13.8. The number of thioether (sulfide) groups is 1. The molecule has 1 saturated heterocycles. The molecule has 0 atom stereocenters. The number of ether oxygens (including phenoxy) is 1. The third-order valence-electron chi connectivity index (χ3n) is 5.24. The van der Waals surface area contributed by atoms with Gasteiger partial charge in [0.25, 0.3) is 15.9 Å². The summed E-state index contributed by atoms with van der Waals surface area (Å²) in [5, 5.41) is 4.46. The van der Waals surface area contributed by atoms with E-state index < -0.39 is 22.5 Å². The molecule has 4 rings (SSSR count). The van der Waals surface area contributed by atoms with E-state index in [1.807, 2.05) is 36.0 Å². The Kier molecular flexibility index (Phi) is 8.00. The van der Waals surface area contributed by atoms with Crippen LogP contribution in [0.4, 0.5) is 5.69 Å². The lowest BCUT2D eigenvalue weighted by atomic mass is 10.2. The maximum absolute atomic E-state index is 13.4. The number of nitrogens with zero attached hydrogens (tertiary/aromatic N) is 2. The Balaban J connectivity index is 1.47. The number of hydrazone groups is 1. The number of aryl methyl sites for hydroxylation is 1. The van der Waals surface area contributed by atoms with Gasteiger partial charge in [-0.15, -0.1) is 0 Å². The number of carbonyl (C=O) groups excluding carboxylic acids is 1. The van der Waals surface area contributed by atoms with Crippen LogP contribution in [0.2, 0.25) is 5.02 Å². The summed E-state index contributed by atoms with van der Waals surface area (Å²) < 4.78 is 33.7.